The van der Waals surface area contributed by atoms with Crippen LogP contribution in [0.3, 0.4) is 0 Å². The Morgan fingerprint density at radius 1 is 1.11 bits per heavy atom. The van der Waals surface area contributed by atoms with E-state index in [0.29, 0.717) is 29.9 Å². The lowest BCUT2D eigenvalue weighted by Crippen LogP contribution is -2.31. The molecule has 0 N–H and O–H groups in total. The van der Waals surface area contributed by atoms with Crippen molar-refractivity contribution in [2.45, 2.75) is 38.6 Å². The van der Waals surface area contributed by atoms with Gasteiger partial charge >= 0.3 is 0 Å². The number of halogens is 1. The number of amides is 1. The zero-order valence-electron chi connectivity index (χ0n) is 16.0. The van der Waals surface area contributed by atoms with Gasteiger partial charge in [0, 0.05) is 19.4 Å². The van der Waals surface area contributed by atoms with Crippen LogP contribution in [0, 0.1) is 12.7 Å². The molecule has 1 fully saturated rings. The van der Waals surface area contributed by atoms with Crippen LogP contribution in [0.1, 0.15) is 42.2 Å². The van der Waals surface area contributed by atoms with Crippen molar-refractivity contribution >= 4 is 5.91 Å². The molecule has 1 amide bonds. The second kappa shape index (κ2) is 8.01. The summed E-state index contributed by atoms with van der Waals surface area (Å²) in [6.07, 6.45) is 2.95. The lowest BCUT2D eigenvalue weighted by molar-refractivity contribution is -0.132. The molecular formula is C24H24FNO2. The van der Waals surface area contributed by atoms with Crippen LogP contribution in [0.15, 0.2) is 65.1 Å². The summed E-state index contributed by atoms with van der Waals surface area (Å²) >= 11 is 0. The van der Waals surface area contributed by atoms with Gasteiger partial charge in [-0.3, -0.25) is 4.79 Å². The molecule has 2 aromatic carbocycles. The number of carbonyl (C=O) groups is 1. The number of rotatable bonds is 5. The summed E-state index contributed by atoms with van der Waals surface area (Å²) in [5, 5.41) is 0. The van der Waals surface area contributed by atoms with E-state index >= 15 is 0 Å². The van der Waals surface area contributed by atoms with Crippen LogP contribution in [0.25, 0.3) is 11.3 Å². The lowest BCUT2D eigenvalue weighted by Gasteiger charge is -2.26. The van der Waals surface area contributed by atoms with Gasteiger partial charge in [-0.15, -0.1) is 0 Å². The van der Waals surface area contributed by atoms with Crippen molar-refractivity contribution in [1.82, 2.24) is 4.90 Å². The summed E-state index contributed by atoms with van der Waals surface area (Å²) in [6.45, 7) is 2.90. The van der Waals surface area contributed by atoms with Crippen molar-refractivity contribution in [2.75, 3.05) is 6.54 Å². The first-order valence-electron chi connectivity index (χ1n) is 9.82. The predicted molar refractivity (Wildman–Crippen MR) is 107 cm³/mol. The molecule has 0 radical (unpaired) electrons. The molecule has 144 valence electrons. The third kappa shape index (κ3) is 3.72. The van der Waals surface area contributed by atoms with Gasteiger partial charge in [0.15, 0.2) is 0 Å². The molecule has 1 aliphatic heterocycles. The zero-order valence-corrected chi connectivity index (χ0v) is 16.0. The third-order valence-corrected chi connectivity index (χ3v) is 5.51. The Kier molecular flexibility index (Phi) is 5.29. The quantitative estimate of drug-likeness (QED) is 0.572. The van der Waals surface area contributed by atoms with Crippen LogP contribution >= 0.6 is 0 Å². The lowest BCUT2D eigenvalue weighted by atomic mass is 9.99. The van der Waals surface area contributed by atoms with E-state index in [4.69, 9.17) is 4.42 Å². The maximum atomic E-state index is 13.9. The van der Waals surface area contributed by atoms with E-state index in [2.05, 4.69) is 19.1 Å². The first-order chi connectivity index (χ1) is 13.6. The molecule has 28 heavy (non-hydrogen) atoms. The number of hydrogen-bond donors (Lipinski definition) is 0. The number of hydrogen-bond acceptors (Lipinski definition) is 2. The Balaban J connectivity index is 1.42. The Hall–Kier alpha value is -2.88. The normalized spacial score (nSPS) is 16.5. The highest BCUT2D eigenvalue weighted by Gasteiger charge is 2.30. The Morgan fingerprint density at radius 2 is 1.89 bits per heavy atom. The van der Waals surface area contributed by atoms with E-state index < -0.39 is 0 Å². The van der Waals surface area contributed by atoms with Gasteiger partial charge in [-0.2, -0.15) is 0 Å². The number of furan rings is 1. The Labute approximate surface area is 164 Å². The van der Waals surface area contributed by atoms with Crippen molar-refractivity contribution in [2.24, 2.45) is 0 Å². The summed E-state index contributed by atoms with van der Waals surface area (Å²) in [7, 11) is 0. The predicted octanol–water partition coefficient (Wildman–Crippen LogP) is 5.69. The molecule has 0 aliphatic carbocycles. The van der Waals surface area contributed by atoms with Gasteiger partial charge < -0.3 is 9.32 Å². The molecule has 2 heterocycles. The van der Waals surface area contributed by atoms with Crippen LogP contribution in [0.4, 0.5) is 4.39 Å². The SMILES string of the molecule is Cc1ccccc1C1CCCN1C(=O)CCc1ccc(-c2ccccc2F)o1. The van der Waals surface area contributed by atoms with Crippen molar-refractivity contribution in [3.8, 4) is 11.3 Å². The van der Waals surface area contributed by atoms with Gasteiger partial charge in [-0.25, -0.2) is 4.39 Å². The molecule has 4 rings (SSSR count). The summed E-state index contributed by atoms with van der Waals surface area (Å²) in [5.74, 6) is 1.05. The van der Waals surface area contributed by atoms with E-state index in [-0.39, 0.29) is 17.8 Å². The molecular weight excluding hydrogens is 353 g/mol. The molecule has 1 aromatic heterocycles. The van der Waals surface area contributed by atoms with Gasteiger partial charge in [0.25, 0.3) is 0 Å². The van der Waals surface area contributed by atoms with Crippen molar-refractivity contribution < 1.29 is 13.6 Å². The average Bonchev–Trinajstić information content (AvgIpc) is 3.37. The number of carbonyl (C=O) groups excluding carboxylic acids is 1. The molecule has 3 nitrogen and oxygen atoms in total. The van der Waals surface area contributed by atoms with Gasteiger partial charge in [0.05, 0.1) is 11.6 Å². The minimum atomic E-state index is -0.308. The van der Waals surface area contributed by atoms with Gasteiger partial charge in [-0.1, -0.05) is 36.4 Å². The average molecular weight is 377 g/mol. The number of likely N-dealkylation sites (tertiary alicyclic amines) is 1. The number of aryl methyl sites for hydroxylation is 2. The fraction of sp³-hybridized carbons (Fsp3) is 0.292. The topological polar surface area (TPSA) is 33.5 Å². The van der Waals surface area contributed by atoms with E-state index in [0.717, 1.165) is 19.4 Å². The monoisotopic (exact) mass is 377 g/mol. The molecule has 0 spiro atoms. The maximum Gasteiger partial charge on any atom is 0.223 e. The van der Waals surface area contributed by atoms with E-state index in [1.165, 1.54) is 17.2 Å². The molecule has 1 unspecified atom stereocenters. The largest absolute Gasteiger partial charge is 0.461 e. The molecule has 0 bridgehead atoms. The number of benzene rings is 2. The fourth-order valence-corrected chi connectivity index (χ4v) is 4.04. The second-order valence-electron chi connectivity index (χ2n) is 7.35. The van der Waals surface area contributed by atoms with E-state index in [1.54, 1.807) is 24.3 Å². The first kappa shape index (κ1) is 18.5. The van der Waals surface area contributed by atoms with Crippen LogP contribution in [0.5, 0.6) is 0 Å². The summed E-state index contributed by atoms with van der Waals surface area (Å²) in [5.41, 5.74) is 2.92. The van der Waals surface area contributed by atoms with Crippen LogP contribution < -0.4 is 0 Å². The molecule has 4 heteroatoms. The van der Waals surface area contributed by atoms with Crippen LogP contribution in [-0.4, -0.2) is 17.4 Å². The molecule has 1 atom stereocenters. The minimum absolute atomic E-state index is 0.148. The van der Waals surface area contributed by atoms with Crippen LogP contribution in [-0.2, 0) is 11.2 Å². The summed E-state index contributed by atoms with van der Waals surface area (Å²) in [4.78, 5) is 14.9. The maximum absolute atomic E-state index is 13.9. The molecule has 1 saturated heterocycles. The second-order valence-corrected chi connectivity index (χ2v) is 7.35. The highest BCUT2D eigenvalue weighted by atomic mass is 19.1. The van der Waals surface area contributed by atoms with Gasteiger partial charge in [0.1, 0.15) is 17.3 Å². The van der Waals surface area contributed by atoms with Crippen LogP contribution in [0.2, 0.25) is 0 Å². The van der Waals surface area contributed by atoms with E-state index in [9.17, 15) is 9.18 Å². The Morgan fingerprint density at radius 3 is 2.71 bits per heavy atom. The standard InChI is InChI=1S/C24H24FNO2/c1-17-7-2-3-8-19(17)22-11-6-16-26(22)24(27)15-13-18-12-14-23(28-18)20-9-4-5-10-21(20)25/h2-5,7-10,12,14,22H,6,11,13,15-16H2,1H3. The highest BCUT2D eigenvalue weighted by molar-refractivity contribution is 5.77. The first-order valence-corrected chi connectivity index (χ1v) is 9.82. The smallest absolute Gasteiger partial charge is 0.223 e. The fourth-order valence-electron chi connectivity index (χ4n) is 4.04. The molecule has 3 aromatic rings. The summed E-state index contributed by atoms with van der Waals surface area (Å²) < 4.78 is 19.7. The summed E-state index contributed by atoms with van der Waals surface area (Å²) in [6, 6.07) is 18.6. The molecule has 1 aliphatic rings. The Bertz CT molecular complexity index is 978. The minimum Gasteiger partial charge on any atom is -0.461 e. The van der Waals surface area contributed by atoms with Crippen molar-refractivity contribution in [1.29, 1.82) is 0 Å². The number of nitrogens with zero attached hydrogens (tertiary/aromatic N) is 1. The van der Waals surface area contributed by atoms with Gasteiger partial charge in [0.2, 0.25) is 5.91 Å². The zero-order chi connectivity index (χ0) is 19.5. The van der Waals surface area contributed by atoms with E-state index in [1.807, 2.05) is 23.1 Å². The molecule has 0 saturated carbocycles. The van der Waals surface area contributed by atoms with Crippen molar-refractivity contribution in [3.63, 3.8) is 0 Å². The third-order valence-electron chi connectivity index (χ3n) is 5.51. The van der Waals surface area contributed by atoms with Gasteiger partial charge in [-0.05, 0) is 55.2 Å². The highest BCUT2D eigenvalue weighted by Crippen LogP contribution is 2.34. The van der Waals surface area contributed by atoms with Crippen molar-refractivity contribution in [3.05, 3.63) is 83.4 Å².